The highest BCUT2D eigenvalue weighted by Crippen LogP contribution is 2.28. The first-order valence-corrected chi connectivity index (χ1v) is 12.2. The predicted molar refractivity (Wildman–Crippen MR) is 133 cm³/mol. The molecule has 0 aromatic carbocycles. The minimum atomic E-state index is -0.491. The Balaban J connectivity index is 0.000000340. The molecule has 2 amide bonds. The second-order valence-electron chi connectivity index (χ2n) is 12.7. The Morgan fingerprint density at radius 2 is 1.18 bits per heavy atom. The number of hydrogen-bond donors (Lipinski definition) is 3. The van der Waals surface area contributed by atoms with Gasteiger partial charge in [0.25, 0.3) is 0 Å². The fourth-order valence-corrected chi connectivity index (χ4v) is 3.71. The minimum absolute atomic E-state index is 0.103. The number of rotatable bonds is 2. The van der Waals surface area contributed by atoms with Crippen molar-refractivity contribution in [3.05, 3.63) is 0 Å². The number of ether oxygens (including phenoxy) is 4. The summed E-state index contributed by atoms with van der Waals surface area (Å²) in [6, 6.07) is -0.169. The first-order valence-electron chi connectivity index (χ1n) is 12.2. The molecule has 0 aromatic heterocycles. The van der Waals surface area contributed by atoms with Gasteiger partial charge in [0.1, 0.15) is 11.2 Å². The van der Waals surface area contributed by atoms with E-state index in [1.807, 2.05) is 69.2 Å². The highest BCUT2D eigenvalue weighted by molar-refractivity contribution is 5.68. The van der Waals surface area contributed by atoms with Crippen molar-refractivity contribution in [3.8, 4) is 0 Å². The normalized spacial score (nSPS) is 28.6. The lowest BCUT2D eigenvalue weighted by Crippen LogP contribution is -2.58. The van der Waals surface area contributed by atoms with Crippen LogP contribution in [0.25, 0.3) is 0 Å². The zero-order valence-electron chi connectivity index (χ0n) is 23.2. The van der Waals surface area contributed by atoms with Gasteiger partial charge in [0.2, 0.25) is 0 Å². The van der Waals surface area contributed by atoms with Crippen molar-refractivity contribution in [2.75, 3.05) is 13.2 Å². The zero-order chi connectivity index (χ0) is 26.5. The Hall–Kier alpha value is -1.58. The van der Waals surface area contributed by atoms with Crippen LogP contribution in [-0.4, -0.2) is 65.9 Å². The van der Waals surface area contributed by atoms with Crippen LogP contribution in [0.1, 0.15) is 89.0 Å². The van der Waals surface area contributed by atoms with Gasteiger partial charge in [-0.2, -0.15) is 0 Å². The molecule has 0 spiro atoms. The third-order valence-corrected chi connectivity index (χ3v) is 5.43. The molecular formula is C25H49N3O6. The van der Waals surface area contributed by atoms with Crippen LogP contribution in [0.4, 0.5) is 9.59 Å². The van der Waals surface area contributed by atoms with Gasteiger partial charge >= 0.3 is 12.2 Å². The summed E-state index contributed by atoms with van der Waals surface area (Å²) < 4.78 is 21.7. The van der Waals surface area contributed by atoms with Crippen LogP contribution in [0.2, 0.25) is 0 Å². The maximum atomic E-state index is 11.7. The molecule has 2 heterocycles. The quantitative estimate of drug-likeness (QED) is 0.536. The van der Waals surface area contributed by atoms with Crippen molar-refractivity contribution >= 4 is 12.2 Å². The smallest absolute Gasteiger partial charge is 0.407 e. The first kappa shape index (κ1) is 30.5. The fraction of sp³-hybridized carbons (Fsp3) is 0.920. The standard InChI is InChI=1S/C13H25NO3.C12H24N2O3/c1-9-8-16-13(5,6)7-10(9)14-11(15)17-12(2,3)4;1-11(2,3)17-10(15)14-9-6-12(4,5)16-7-8(9)13/h9-10H,7-8H2,1-6H3,(H,14,15);8-9H,6-7,13H2,1-5H3,(H,14,15)/t9-,10+;8-,9+/m00/s1. The Bertz CT molecular complexity index is 623. The molecule has 2 rings (SSSR count). The lowest BCUT2D eigenvalue weighted by molar-refractivity contribution is -0.0865. The SMILES string of the molecule is CC(C)(C)OC(=O)N[C@@H]1CC(C)(C)OC[C@@H]1N.C[C@H]1COC(C)(C)C[C@H]1NC(=O)OC(C)(C)C. The van der Waals surface area contributed by atoms with Crippen LogP contribution in [0.15, 0.2) is 0 Å². The van der Waals surface area contributed by atoms with Crippen LogP contribution in [0.3, 0.4) is 0 Å². The Labute approximate surface area is 206 Å². The van der Waals surface area contributed by atoms with E-state index in [1.54, 1.807) is 0 Å². The monoisotopic (exact) mass is 487 g/mol. The van der Waals surface area contributed by atoms with Gasteiger partial charge < -0.3 is 35.3 Å². The summed E-state index contributed by atoms with van der Waals surface area (Å²) in [5.41, 5.74) is 4.55. The van der Waals surface area contributed by atoms with Crippen molar-refractivity contribution in [2.45, 2.75) is 130 Å². The van der Waals surface area contributed by atoms with E-state index in [0.717, 1.165) is 6.42 Å². The molecule has 4 atom stereocenters. The number of carbonyl (C=O) groups excluding carboxylic acids is 2. The zero-order valence-corrected chi connectivity index (χ0v) is 23.2. The van der Waals surface area contributed by atoms with Gasteiger partial charge in [-0.05, 0) is 88.0 Å². The molecule has 9 heteroatoms. The molecule has 2 aliphatic heterocycles. The average molecular weight is 488 g/mol. The topological polar surface area (TPSA) is 121 Å². The molecule has 0 saturated carbocycles. The molecule has 200 valence electrons. The van der Waals surface area contributed by atoms with E-state index in [-0.39, 0.29) is 35.4 Å². The van der Waals surface area contributed by atoms with E-state index in [4.69, 9.17) is 24.7 Å². The summed E-state index contributed by atoms with van der Waals surface area (Å²) in [6.45, 7) is 22.4. The van der Waals surface area contributed by atoms with E-state index in [9.17, 15) is 9.59 Å². The van der Waals surface area contributed by atoms with Crippen LogP contribution >= 0.6 is 0 Å². The molecule has 2 aliphatic rings. The number of nitrogens with one attached hydrogen (secondary N) is 2. The van der Waals surface area contributed by atoms with Gasteiger partial charge in [0.05, 0.1) is 30.5 Å². The van der Waals surface area contributed by atoms with Crippen LogP contribution in [0.5, 0.6) is 0 Å². The Morgan fingerprint density at radius 3 is 1.62 bits per heavy atom. The summed E-state index contributed by atoms with van der Waals surface area (Å²) in [7, 11) is 0. The molecule has 0 aliphatic carbocycles. The van der Waals surface area contributed by atoms with Gasteiger partial charge in [-0.3, -0.25) is 0 Å². The average Bonchev–Trinajstić information content (AvgIpc) is 2.58. The molecule has 0 radical (unpaired) electrons. The van der Waals surface area contributed by atoms with Gasteiger partial charge in [-0.25, -0.2) is 9.59 Å². The summed E-state index contributed by atoms with van der Waals surface area (Å²) >= 11 is 0. The third-order valence-electron chi connectivity index (χ3n) is 5.43. The highest BCUT2D eigenvalue weighted by Gasteiger charge is 2.36. The van der Waals surface area contributed by atoms with Crippen molar-refractivity contribution in [1.29, 1.82) is 0 Å². The summed E-state index contributed by atoms with van der Waals surface area (Å²) in [4.78, 5) is 23.4. The first-order chi connectivity index (χ1) is 15.2. The molecule has 0 bridgehead atoms. The molecular weight excluding hydrogens is 438 g/mol. The van der Waals surface area contributed by atoms with E-state index in [1.165, 1.54) is 0 Å². The van der Waals surface area contributed by atoms with Crippen molar-refractivity contribution in [3.63, 3.8) is 0 Å². The number of hydrogen-bond acceptors (Lipinski definition) is 7. The van der Waals surface area contributed by atoms with Gasteiger partial charge in [-0.1, -0.05) is 6.92 Å². The number of nitrogens with two attached hydrogens (primary N) is 1. The number of alkyl carbamates (subject to hydrolysis) is 2. The molecule has 9 nitrogen and oxygen atoms in total. The molecule has 34 heavy (non-hydrogen) atoms. The Kier molecular flexibility index (Phi) is 10.2. The van der Waals surface area contributed by atoms with Gasteiger partial charge in [0, 0.05) is 12.1 Å². The van der Waals surface area contributed by atoms with Crippen molar-refractivity contribution in [1.82, 2.24) is 10.6 Å². The minimum Gasteiger partial charge on any atom is -0.444 e. The molecule has 2 saturated heterocycles. The van der Waals surface area contributed by atoms with E-state index < -0.39 is 17.3 Å². The Morgan fingerprint density at radius 1 is 0.794 bits per heavy atom. The highest BCUT2D eigenvalue weighted by atomic mass is 16.6. The second-order valence-corrected chi connectivity index (χ2v) is 12.7. The molecule has 0 unspecified atom stereocenters. The van der Waals surface area contributed by atoms with E-state index >= 15 is 0 Å². The van der Waals surface area contributed by atoms with Gasteiger partial charge in [-0.15, -0.1) is 0 Å². The largest absolute Gasteiger partial charge is 0.444 e. The summed E-state index contributed by atoms with van der Waals surface area (Å²) in [6.07, 6.45) is 0.739. The maximum Gasteiger partial charge on any atom is 0.407 e. The predicted octanol–water partition coefficient (Wildman–Crippen LogP) is 4.12. The maximum absolute atomic E-state index is 11.7. The van der Waals surface area contributed by atoms with E-state index in [2.05, 4.69) is 17.6 Å². The fourth-order valence-electron chi connectivity index (χ4n) is 3.71. The number of amides is 2. The third kappa shape index (κ3) is 12.2. The van der Waals surface area contributed by atoms with Crippen LogP contribution in [0, 0.1) is 5.92 Å². The second kappa shape index (κ2) is 11.4. The molecule has 4 N–H and O–H groups in total. The van der Waals surface area contributed by atoms with Crippen LogP contribution < -0.4 is 16.4 Å². The lowest BCUT2D eigenvalue weighted by atomic mass is 9.88. The summed E-state index contributed by atoms with van der Waals surface area (Å²) in [5.74, 6) is 0.315. The summed E-state index contributed by atoms with van der Waals surface area (Å²) in [5, 5.41) is 5.75. The lowest BCUT2D eigenvalue weighted by Gasteiger charge is -2.39. The van der Waals surface area contributed by atoms with E-state index in [0.29, 0.717) is 25.6 Å². The van der Waals surface area contributed by atoms with Crippen LogP contribution in [-0.2, 0) is 18.9 Å². The van der Waals surface area contributed by atoms with Crippen molar-refractivity contribution < 1.29 is 28.5 Å². The molecule has 0 aromatic rings. The molecule has 2 fully saturated rings. The van der Waals surface area contributed by atoms with Crippen molar-refractivity contribution in [2.24, 2.45) is 11.7 Å². The number of carbonyl (C=O) groups is 2. The van der Waals surface area contributed by atoms with Gasteiger partial charge in [0.15, 0.2) is 0 Å².